The van der Waals surface area contributed by atoms with Crippen molar-refractivity contribution in [1.82, 2.24) is 0 Å². The van der Waals surface area contributed by atoms with E-state index >= 15 is 0 Å². The highest BCUT2D eigenvalue weighted by Crippen LogP contribution is 2.38. The zero-order chi connectivity index (χ0) is 13.3. The van der Waals surface area contributed by atoms with Crippen molar-refractivity contribution in [3.05, 3.63) is 29.3 Å². The molecule has 3 rings (SSSR count). The van der Waals surface area contributed by atoms with Crippen molar-refractivity contribution in [2.45, 2.75) is 71.3 Å². The Morgan fingerprint density at radius 1 is 1.05 bits per heavy atom. The van der Waals surface area contributed by atoms with Crippen molar-refractivity contribution in [3.63, 3.8) is 0 Å². The third kappa shape index (κ3) is 2.66. The number of hydrogen-bond donors (Lipinski definition) is 1. The monoisotopic (exact) mass is 257 g/mol. The van der Waals surface area contributed by atoms with Crippen LogP contribution in [-0.2, 0) is 12.8 Å². The Morgan fingerprint density at radius 3 is 2.74 bits per heavy atom. The molecule has 1 nitrogen and oxygen atoms in total. The standard InChI is InChI=1S/C18H27N/c1-18(2)13-6-5-12-17(18)19-16-11-7-9-14-8-3-4-10-15(14)16/h7,9,11,17,19H,3-6,8,10,12-13H2,1-2H3. The summed E-state index contributed by atoms with van der Waals surface area (Å²) in [6.45, 7) is 4.86. The van der Waals surface area contributed by atoms with Gasteiger partial charge in [0.15, 0.2) is 0 Å². The van der Waals surface area contributed by atoms with Gasteiger partial charge in [-0.2, -0.15) is 0 Å². The summed E-state index contributed by atoms with van der Waals surface area (Å²) in [6, 6.07) is 7.51. The van der Waals surface area contributed by atoms with E-state index in [2.05, 4.69) is 37.4 Å². The zero-order valence-corrected chi connectivity index (χ0v) is 12.5. The highest BCUT2D eigenvalue weighted by molar-refractivity contribution is 5.56. The van der Waals surface area contributed by atoms with Gasteiger partial charge in [-0.15, -0.1) is 0 Å². The first-order valence-electron chi connectivity index (χ1n) is 8.04. The number of hydrogen-bond acceptors (Lipinski definition) is 1. The van der Waals surface area contributed by atoms with E-state index in [9.17, 15) is 0 Å². The van der Waals surface area contributed by atoms with E-state index in [0.717, 1.165) is 0 Å². The maximum absolute atomic E-state index is 3.90. The largest absolute Gasteiger partial charge is 0.382 e. The normalized spacial score (nSPS) is 25.7. The Hall–Kier alpha value is -0.980. The van der Waals surface area contributed by atoms with Crippen LogP contribution in [0.2, 0.25) is 0 Å². The van der Waals surface area contributed by atoms with Gasteiger partial charge in [0.2, 0.25) is 0 Å². The molecule has 1 saturated carbocycles. The SMILES string of the molecule is CC1(C)CCCCC1Nc1cccc2c1CCCC2. The van der Waals surface area contributed by atoms with Gasteiger partial charge in [0.25, 0.3) is 0 Å². The van der Waals surface area contributed by atoms with E-state index in [1.165, 1.54) is 57.1 Å². The van der Waals surface area contributed by atoms with Crippen LogP contribution in [0.15, 0.2) is 18.2 Å². The summed E-state index contributed by atoms with van der Waals surface area (Å²) in [5, 5.41) is 3.90. The first-order chi connectivity index (χ1) is 9.17. The van der Waals surface area contributed by atoms with E-state index in [-0.39, 0.29) is 0 Å². The van der Waals surface area contributed by atoms with E-state index < -0.39 is 0 Å². The molecule has 2 aliphatic rings. The molecule has 0 heterocycles. The summed E-state index contributed by atoms with van der Waals surface area (Å²) >= 11 is 0. The van der Waals surface area contributed by atoms with Crippen LogP contribution in [0.1, 0.15) is 63.5 Å². The molecular weight excluding hydrogens is 230 g/mol. The van der Waals surface area contributed by atoms with Crippen LogP contribution in [0.25, 0.3) is 0 Å². The lowest BCUT2D eigenvalue weighted by Crippen LogP contribution is -2.39. The first kappa shape index (κ1) is 13.0. The van der Waals surface area contributed by atoms with Crippen LogP contribution in [-0.4, -0.2) is 6.04 Å². The molecule has 0 spiro atoms. The van der Waals surface area contributed by atoms with Crippen LogP contribution in [0.4, 0.5) is 5.69 Å². The Balaban J connectivity index is 1.83. The predicted octanol–water partition coefficient (Wildman–Crippen LogP) is 4.95. The van der Waals surface area contributed by atoms with Gasteiger partial charge in [-0.1, -0.05) is 38.8 Å². The number of aryl methyl sites for hydroxylation is 1. The second-order valence-corrected chi connectivity index (χ2v) is 7.08. The minimum atomic E-state index is 0.440. The molecule has 1 heteroatoms. The Bertz CT molecular complexity index is 447. The molecule has 1 fully saturated rings. The molecule has 1 atom stereocenters. The van der Waals surface area contributed by atoms with Gasteiger partial charge in [0.1, 0.15) is 0 Å². The molecule has 0 aliphatic heterocycles. The quantitative estimate of drug-likeness (QED) is 0.790. The lowest BCUT2D eigenvalue weighted by Gasteiger charge is -2.40. The van der Waals surface area contributed by atoms with Gasteiger partial charge in [-0.05, 0) is 61.1 Å². The lowest BCUT2D eigenvalue weighted by molar-refractivity contribution is 0.217. The van der Waals surface area contributed by atoms with Gasteiger partial charge < -0.3 is 5.32 Å². The summed E-state index contributed by atoms with van der Waals surface area (Å²) in [6.07, 6.45) is 10.8. The molecule has 0 saturated heterocycles. The highest BCUT2D eigenvalue weighted by atomic mass is 14.9. The Labute approximate surface area is 117 Å². The van der Waals surface area contributed by atoms with E-state index in [0.29, 0.717) is 11.5 Å². The maximum Gasteiger partial charge on any atom is 0.0377 e. The minimum Gasteiger partial charge on any atom is -0.382 e. The van der Waals surface area contributed by atoms with Gasteiger partial charge >= 0.3 is 0 Å². The van der Waals surface area contributed by atoms with Crippen LogP contribution in [0, 0.1) is 5.41 Å². The van der Waals surface area contributed by atoms with E-state index in [1.807, 2.05) is 0 Å². The van der Waals surface area contributed by atoms with Crippen molar-refractivity contribution in [2.75, 3.05) is 5.32 Å². The van der Waals surface area contributed by atoms with Crippen LogP contribution < -0.4 is 5.32 Å². The van der Waals surface area contributed by atoms with Gasteiger partial charge in [0, 0.05) is 11.7 Å². The van der Waals surface area contributed by atoms with Crippen LogP contribution in [0.3, 0.4) is 0 Å². The van der Waals surface area contributed by atoms with E-state index in [4.69, 9.17) is 0 Å². The van der Waals surface area contributed by atoms with Crippen molar-refractivity contribution >= 4 is 5.69 Å². The molecule has 0 aromatic heterocycles. The molecule has 0 bridgehead atoms. The molecule has 0 amide bonds. The first-order valence-corrected chi connectivity index (χ1v) is 8.04. The molecular formula is C18H27N. The molecule has 19 heavy (non-hydrogen) atoms. The fourth-order valence-corrected chi connectivity index (χ4v) is 3.87. The smallest absolute Gasteiger partial charge is 0.0377 e. The maximum atomic E-state index is 3.90. The average molecular weight is 257 g/mol. The summed E-state index contributed by atoms with van der Waals surface area (Å²) in [7, 11) is 0. The van der Waals surface area contributed by atoms with Crippen molar-refractivity contribution in [1.29, 1.82) is 0 Å². The van der Waals surface area contributed by atoms with Crippen molar-refractivity contribution in [3.8, 4) is 0 Å². The fraction of sp³-hybridized carbons (Fsp3) is 0.667. The van der Waals surface area contributed by atoms with Crippen LogP contribution in [0.5, 0.6) is 0 Å². The minimum absolute atomic E-state index is 0.440. The fourth-order valence-electron chi connectivity index (χ4n) is 3.87. The molecule has 1 aromatic carbocycles. The Morgan fingerprint density at radius 2 is 1.89 bits per heavy atom. The number of rotatable bonds is 2. The molecule has 1 unspecified atom stereocenters. The molecule has 104 valence electrons. The topological polar surface area (TPSA) is 12.0 Å². The summed E-state index contributed by atoms with van der Waals surface area (Å²) in [4.78, 5) is 0. The molecule has 2 aliphatic carbocycles. The number of anilines is 1. The predicted molar refractivity (Wildman–Crippen MR) is 82.7 cm³/mol. The van der Waals surface area contributed by atoms with Crippen molar-refractivity contribution in [2.24, 2.45) is 5.41 Å². The average Bonchev–Trinajstić information content (AvgIpc) is 2.41. The Kier molecular flexibility index (Phi) is 3.56. The number of nitrogens with one attached hydrogen (secondary N) is 1. The summed E-state index contributed by atoms with van der Waals surface area (Å²) < 4.78 is 0. The van der Waals surface area contributed by atoms with Gasteiger partial charge in [-0.3, -0.25) is 0 Å². The van der Waals surface area contributed by atoms with Crippen LogP contribution >= 0.6 is 0 Å². The molecule has 1 aromatic rings. The second-order valence-electron chi connectivity index (χ2n) is 7.08. The second kappa shape index (κ2) is 5.19. The number of benzene rings is 1. The van der Waals surface area contributed by atoms with Crippen molar-refractivity contribution < 1.29 is 0 Å². The zero-order valence-electron chi connectivity index (χ0n) is 12.5. The van der Waals surface area contributed by atoms with E-state index in [1.54, 1.807) is 11.1 Å². The van der Waals surface area contributed by atoms with Gasteiger partial charge in [0.05, 0.1) is 0 Å². The lowest BCUT2D eigenvalue weighted by atomic mass is 9.73. The molecule has 1 N–H and O–H groups in total. The third-order valence-corrected chi connectivity index (χ3v) is 5.23. The summed E-state index contributed by atoms with van der Waals surface area (Å²) in [5.74, 6) is 0. The highest BCUT2D eigenvalue weighted by Gasteiger charge is 2.32. The number of fused-ring (bicyclic) bond motifs is 1. The van der Waals surface area contributed by atoms with Gasteiger partial charge in [-0.25, -0.2) is 0 Å². The molecule has 0 radical (unpaired) electrons. The third-order valence-electron chi connectivity index (χ3n) is 5.23. The summed E-state index contributed by atoms with van der Waals surface area (Å²) in [5.41, 5.74) is 5.06.